The molecule has 1 fully saturated rings. The minimum Gasteiger partial charge on any atom is -0.493 e. The number of halogens is 5. The van der Waals surface area contributed by atoms with Gasteiger partial charge in [0.05, 0.1) is 13.7 Å². The highest BCUT2D eigenvalue weighted by atomic mass is 19.4. The summed E-state index contributed by atoms with van der Waals surface area (Å²) in [4.78, 5) is 17.1. The third-order valence-corrected chi connectivity index (χ3v) is 6.21. The number of alkyl halides is 3. The Hall–Kier alpha value is -3.03. The number of amides is 1. The van der Waals surface area contributed by atoms with E-state index in [2.05, 4.69) is 10.3 Å². The minimum absolute atomic E-state index is 0.0417. The number of ether oxygens (including phenoxy) is 3. The van der Waals surface area contributed by atoms with Gasteiger partial charge in [0.15, 0.2) is 17.2 Å². The van der Waals surface area contributed by atoms with Crippen molar-refractivity contribution in [2.24, 2.45) is 5.92 Å². The maximum Gasteiger partial charge on any atom is 0.417 e. The number of methoxy groups -OCH3 is 1. The number of hydrogen-bond donors (Lipinski definition) is 3. The Morgan fingerprint density at radius 3 is 2.61 bits per heavy atom. The van der Waals surface area contributed by atoms with Crippen LogP contribution in [0.15, 0.2) is 30.5 Å². The molecule has 2 heterocycles. The quantitative estimate of drug-likeness (QED) is 0.459. The summed E-state index contributed by atoms with van der Waals surface area (Å²) in [6.45, 7) is 1.14. The Morgan fingerprint density at radius 2 is 2.00 bits per heavy atom. The fourth-order valence-electron chi connectivity index (χ4n) is 4.05. The molecule has 1 aromatic carbocycles. The molecular formula is C23H25F5N2O6. The first-order chi connectivity index (χ1) is 16.8. The molecule has 0 bridgehead atoms. The van der Waals surface area contributed by atoms with Crippen molar-refractivity contribution in [1.29, 1.82) is 0 Å². The average molecular weight is 520 g/mol. The summed E-state index contributed by atoms with van der Waals surface area (Å²) < 4.78 is 85.7. The highest BCUT2D eigenvalue weighted by Crippen LogP contribution is 2.55. The monoisotopic (exact) mass is 520 g/mol. The molecule has 1 amide bonds. The first-order valence-corrected chi connectivity index (χ1v) is 10.8. The maximum absolute atomic E-state index is 14.4. The molecule has 0 unspecified atom stereocenters. The fourth-order valence-corrected chi connectivity index (χ4v) is 4.05. The van der Waals surface area contributed by atoms with Crippen LogP contribution < -0.4 is 14.8 Å². The summed E-state index contributed by atoms with van der Waals surface area (Å²) in [6.07, 6.45) is -6.59. The van der Waals surface area contributed by atoms with Gasteiger partial charge in [-0.2, -0.15) is 17.6 Å². The van der Waals surface area contributed by atoms with E-state index in [1.807, 2.05) is 0 Å². The SMILES string of the molecule is COc1c([C@H]2[C@H](C(=O)Nc3ccnc(OC[C@H](O)CO)c3)O[C@@](C)(C(F)(F)F)[C@H]2C)ccc(F)c1F. The molecule has 0 radical (unpaired) electrons. The zero-order chi connectivity index (χ0) is 26.8. The standard InChI is InChI=1S/C23H25F5N2O6/c1-11-17(14-4-5-15(24)18(25)19(14)34-3)20(36-22(11,2)23(26,27)28)21(33)30-12-6-7-29-16(8-12)35-10-13(32)9-31/h4-8,11,13,17,20,31-32H,9-10H2,1-3H3,(H,29,30,33)/t11-,13+,17-,20+,22+/m0/s1. The third kappa shape index (κ3) is 5.22. The normalized spacial score (nSPS) is 24.9. The number of aliphatic hydroxyl groups excluding tert-OH is 2. The number of pyridine rings is 1. The van der Waals surface area contributed by atoms with Crippen molar-refractivity contribution in [2.75, 3.05) is 25.6 Å². The second kappa shape index (κ2) is 10.5. The van der Waals surface area contributed by atoms with Gasteiger partial charge in [-0.1, -0.05) is 13.0 Å². The van der Waals surface area contributed by atoms with Crippen molar-refractivity contribution in [3.05, 3.63) is 47.7 Å². The number of hydrogen-bond acceptors (Lipinski definition) is 7. The number of anilines is 1. The lowest BCUT2D eigenvalue weighted by atomic mass is 9.77. The van der Waals surface area contributed by atoms with Crippen LogP contribution in [-0.4, -0.2) is 65.4 Å². The van der Waals surface area contributed by atoms with Gasteiger partial charge in [0.1, 0.15) is 18.8 Å². The molecular weight excluding hydrogens is 495 g/mol. The summed E-state index contributed by atoms with van der Waals surface area (Å²) in [7, 11) is 1.03. The number of benzene rings is 1. The van der Waals surface area contributed by atoms with E-state index >= 15 is 0 Å². The van der Waals surface area contributed by atoms with Gasteiger partial charge in [-0.3, -0.25) is 4.79 Å². The summed E-state index contributed by atoms with van der Waals surface area (Å²) in [5.74, 6) is -7.08. The predicted octanol–water partition coefficient (Wildman–Crippen LogP) is 3.18. The van der Waals surface area contributed by atoms with Gasteiger partial charge >= 0.3 is 6.18 Å². The topological polar surface area (TPSA) is 110 Å². The smallest absolute Gasteiger partial charge is 0.417 e. The number of nitrogens with one attached hydrogen (secondary N) is 1. The van der Waals surface area contributed by atoms with Gasteiger partial charge in [0.25, 0.3) is 5.91 Å². The van der Waals surface area contributed by atoms with Crippen LogP contribution >= 0.6 is 0 Å². The number of carbonyl (C=O) groups excluding carboxylic acids is 1. The zero-order valence-electron chi connectivity index (χ0n) is 19.5. The van der Waals surface area contributed by atoms with Gasteiger partial charge in [0, 0.05) is 35.3 Å². The molecule has 1 saturated heterocycles. The van der Waals surface area contributed by atoms with Crippen molar-refractivity contribution in [3.8, 4) is 11.6 Å². The van der Waals surface area contributed by atoms with E-state index in [4.69, 9.17) is 19.3 Å². The van der Waals surface area contributed by atoms with Crippen molar-refractivity contribution in [1.82, 2.24) is 4.98 Å². The van der Waals surface area contributed by atoms with E-state index in [0.29, 0.717) is 0 Å². The van der Waals surface area contributed by atoms with Crippen LogP contribution in [0.2, 0.25) is 0 Å². The molecule has 0 saturated carbocycles. The molecule has 8 nitrogen and oxygen atoms in total. The van der Waals surface area contributed by atoms with Crippen molar-refractivity contribution < 1.29 is 51.2 Å². The highest BCUT2D eigenvalue weighted by molar-refractivity contribution is 5.95. The van der Waals surface area contributed by atoms with E-state index in [9.17, 15) is 31.9 Å². The summed E-state index contributed by atoms with van der Waals surface area (Å²) in [6, 6.07) is 4.39. The predicted molar refractivity (Wildman–Crippen MR) is 116 cm³/mol. The van der Waals surface area contributed by atoms with E-state index in [1.54, 1.807) is 0 Å². The zero-order valence-corrected chi connectivity index (χ0v) is 19.5. The van der Waals surface area contributed by atoms with E-state index in [0.717, 1.165) is 26.2 Å². The van der Waals surface area contributed by atoms with Gasteiger partial charge in [-0.25, -0.2) is 9.37 Å². The fraction of sp³-hybridized carbons (Fsp3) is 0.478. The van der Waals surface area contributed by atoms with Crippen LogP contribution in [-0.2, 0) is 9.53 Å². The maximum atomic E-state index is 14.4. The molecule has 3 N–H and O–H groups in total. The molecule has 36 heavy (non-hydrogen) atoms. The number of aromatic nitrogens is 1. The summed E-state index contributed by atoms with van der Waals surface area (Å²) >= 11 is 0. The van der Waals surface area contributed by atoms with Gasteiger partial charge < -0.3 is 29.7 Å². The van der Waals surface area contributed by atoms with E-state index in [1.165, 1.54) is 25.3 Å². The number of rotatable bonds is 8. The van der Waals surface area contributed by atoms with Crippen molar-refractivity contribution >= 4 is 11.6 Å². The number of carbonyl (C=O) groups is 1. The molecule has 1 aromatic heterocycles. The lowest BCUT2D eigenvalue weighted by Crippen LogP contribution is -2.47. The van der Waals surface area contributed by atoms with Gasteiger partial charge in [0.2, 0.25) is 11.7 Å². The average Bonchev–Trinajstić information content (AvgIpc) is 3.11. The molecule has 3 rings (SSSR count). The molecule has 0 spiro atoms. The van der Waals surface area contributed by atoms with Crippen LogP contribution in [0.1, 0.15) is 25.3 Å². The lowest BCUT2D eigenvalue weighted by molar-refractivity contribution is -0.272. The van der Waals surface area contributed by atoms with Crippen LogP contribution in [0.25, 0.3) is 0 Å². The van der Waals surface area contributed by atoms with Crippen LogP contribution in [0, 0.1) is 17.6 Å². The Kier molecular flexibility index (Phi) is 8.06. The first-order valence-electron chi connectivity index (χ1n) is 10.8. The Balaban J connectivity index is 1.96. The third-order valence-electron chi connectivity index (χ3n) is 6.21. The first kappa shape index (κ1) is 27.6. The molecule has 1 aliphatic heterocycles. The minimum atomic E-state index is -4.89. The Bertz CT molecular complexity index is 1100. The largest absolute Gasteiger partial charge is 0.493 e. The molecule has 1 aliphatic rings. The molecule has 13 heteroatoms. The molecule has 5 atom stereocenters. The van der Waals surface area contributed by atoms with Gasteiger partial charge in [-0.05, 0) is 19.1 Å². The van der Waals surface area contributed by atoms with Crippen LogP contribution in [0.4, 0.5) is 27.6 Å². The number of nitrogens with zero attached hydrogens (tertiary/aromatic N) is 1. The van der Waals surface area contributed by atoms with Crippen LogP contribution in [0.5, 0.6) is 11.6 Å². The van der Waals surface area contributed by atoms with Crippen molar-refractivity contribution in [3.63, 3.8) is 0 Å². The van der Waals surface area contributed by atoms with Gasteiger partial charge in [-0.15, -0.1) is 0 Å². The molecule has 198 valence electrons. The lowest BCUT2D eigenvalue weighted by Gasteiger charge is -2.32. The highest BCUT2D eigenvalue weighted by Gasteiger charge is 2.65. The molecule has 0 aliphatic carbocycles. The Morgan fingerprint density at radius 1 is 1.31 bits per heavy atom. The van der Waals surface area contributed by atoms with E-state index in [-0.39, 0.29) is 23.7 Å². The Labute approximate surface area is 203 Å². The number of aliphatic hydroxyl groups is 2. The summed E-state index contributed by atoms with van der Waals surface area (Å²) in [5, 5.41) is 20.7. The second-order valence-corrected chi connectivity index (χ2v) is 8.46. The van der Waals surface area contributed by atoms with Crippen LogP contribution in [0.3, 0.4) is 0 Å². The van der Waals surface area contributed by atoms with Crippen molar-refractivity contribution in [2.45, 2.75) is 43.8 Å². The molecule has 2 aromatic rings. The second-order valence-electron chi connectivity index (χ2n) is 8.46. The summed E-state index contributed by atoms with van der Waals surface area (Å²) in [5.41, 5.74) is -2.87. The van der Waals surface area contributed by atoms with E-state index < -0.39 is 65.7 Å².